The lowest BCUT2D eigenvalue weighted by Crippen LogP contribution is -2.49. The number of rotatable bonds is 10. The molecule has 0 bridgehead atoms. The maximum Gasteiger partial charge on any atom is 0.408 e. The van der Waals surface area contributed by atoms with Gasteiger partial charge in [-0.2, -0.15) is 0 Å². The molecule has 0 unspecified atom stereocenters. The lowest BCUT2D eigenvalue weighted by molar-refractivity contribution is 0.0514. The summed E-state index contributed by atoms with van der Waals surface area (Å²) in [4.78, 5) is 15.8. The Morgan fingerprint density at radius 3 is 2.33 bits per heavy atom. The van der Waals surface area contributed by atoms with Crippen molar-refractivity contribution < 1.29 is 14.3 Å². The van der Waals surface area contributed by atoms with E-state index in [0.29, 0.717) is 5.92 Å². The van der Waals surface area contributed by atoms with Crippen LogP contribution in [0.25, 0.3) is 0 Å². The number of amides is 1. The number of methoxy groups -OCH3 is 1. The van der Waals surface area contributed by atoms with Gasteiger partial charge in [-0.15, -0.1) is 0 Å². The van der Waals surface area contributed by atoms with Gasteiger partial charge in [0.25, 0.3) is 0 Å². The van der Waals surface area contributed by atoms with Crippen molar-refractivity contribution in [1.29, 1.82) is 0 Å². The third kappa shape index (κ3) is 10.3. The first-order chi connectivity index (χ1) is 17.2. The minimum Gasteiger partial charge on any atom is -0.497 e. The number of thiocarbonyl (C=S) groups is 1. The van der Waals surface area contributed by atoms with Crippen molar-refractivity contribution in [2.75, 3.05) is 26.7 Å². The highest BCUT2D eigenvalue weighted by molar-refractivity contribution is 7.80. The first kappa shape index (κ1) is 28.7. The zero-order valence-corrected chi connectivity index (χ0v) is 23.6. The van der Waals surface area contributed by atoms with E-state index in [2.05, 4.69) is 27.7 Å². The van der Waals surface area contributed by atoms with Gasteiger partial charge in [-0.25, -0.2) is 4.79 Å². The fourth-order valence-electron chi connectivity index (χ4n) is 5.30. The molecule has 1 aliphatic heterocycles. The lowest BCUT2D eigenvalue weighted by Gasteiger charge is -2.33. The molecule has 1 amide bonds. The summed E-state index contributed by atoms with van der Waals surface area (Å²) in [5, 5.41) is 6.58. The fourth-order valence-corrected chi connectivity index (χ4v) is 5.56. The van der Waals surface area contributed by atoms with Gasteiger partial charge in [-0.1, -0.05) is 56.5 Å². The number of hydrogen-bond acceptors (Lipinski definition) is 5. The van der Waals surface area contributed by atoms with Crippen LogP contribution in [0.1, 0.15) is 84.1 Å². The molecule has 1 aliphatic carbocycles. The summed E-state index contributed by atoms with van der Waals surface area (Å²) >= 11 is 5.80. The van der Waals surface area contributed by atoms with Gasteiger partial charge in [-0.05, 0) is 89.1 Å². The molecule has 7 heteroatoms. The predicted octanol–water partition coefficient (Wildman–Crippen LogP) is 6.08. The maximum atomic E-state index is 12.5. The molecule has 1 aromatic rings. The van der Waals surface area contributed by atoms with Crippen LogP contribution in [-0.4, -0.2) is 54.4 Å². The van der Waals surface area contributed by atoms with Gasteiger partial charge in [0.05, 0.1) is 18.1 Å². The number of carbonyl (C=O) groups excluding carboxylic acids is 1. The molecule has 1 saturated carbocycles. The average Bonchev–Trinajstić information content (AvgIpc) is 2.86. The van der Waals surface area contributed by atoms with E-state index in [1.807, 2.05) is 32.9 Å². The van der Waals surface area contributed by atoms with Crippen molar-refractivity contribution in [1.82, 2.24) is 15.5 Å². The fraction of sp³-hybridized carbons (Fsp3) is 0.724. The van der Waals surface area contributed by atoms with Gasteiger partial charge < -0.3 is 20.1 Å². The van der Waals surface area contributed by atoms with E-state index in [0.717, 1.165) is 68.5 Å². The number of piperidine rings is 1. The Morgan fingerprint density at radius 1 is 1.06 bits per heavy atom. The minimum atomic E-state index is -0.521. The topological polar surface area (TPSA) is 62.8 Å². The number of hydrogen-bond donors (Lipinski definition) is 2. The molecule has 1 saturated heterocycles. The smallest absolute Gasteiger partial charge is 0.408 e. The number of likely N-dealkylation sites (tertiary alicyclic amines) is 1. The second-order valence-electron chi connectivity index (χ2n) is 11.6. The molecule has 0 radical (unpaired) electrons. The van der Waals surface area contributed by atoms with Crippen molar-refractivity contribution in [3.8, 4) is 5.75 Å². The molecule has 2 aliphatic rings. The Balaban J connectivity index is 1.44. The van der Waals surface area contributed by atoms with Crippen LogP contribution in [-0.2, 0) is 11.3 Å². The number of nitrogens with one attached hydrogen (secondary N) is 2. The zero-order valence-electron chi connectivity index (χ0n) is 22.8. The Labute approximate surface area is 223 Å². The highest BCUT2D eigenvalue weighted by Gasteiger charge is 2.25. The minimum absolute atomic E-state index is 0.174. The molecule has 0 spiro atoms. The molecule has 1 heterocycles. The second-order valence-corrected chi connectivity index (χ2v) is 12.0. The van der Waals surface area contributed by atoms with Crippen LogP contribution in [0.2, 0.25) is 0 Å². The summed E-state index contributed by atoms with van der Waals surface area (Å²) in [6.07, 6.45) is 10.5. The molecule has 1 atom stereocenters. The Morgan fingerprint density at radius 2 is 1.72 bits per heavy atom. The van der Waals surface area contributed by atoms with Gasteiger partial charge >= 0.3 is 6.09 Å². The van der Waals surface area contributed by atoms with Gasteiger partial charge in [-0.3, -0.25) is 4.90 Å². The number of ether oxygens (including phenoxy) is 2. The number of benzene rings is 1. The van der Waals surface area contributed by atoms with Gasteiger partial charge in [0.1, 0.15) is 11.4 Å². The van der Waals surface area contributed by atoms with Crippen LogP contribution in [0, 0.1) is 11.8 Å². The number of nitrogens with zero attached hydrogens (tertiary/aromatic N) is 1. The first-order valence-corrected chi connectivity index (χ1v) is 14.2. The molecule has 2 N–H and O–H groups in total. The van der Waals surface area contributed by atoms with Crippen molar-refractivity contribution in [2.45, 2.75) is 96.7 Å². The Kier molecular flexibility index (Phi) is 11.3. The van der Waals surface area contributed by atoms with Gasteiger partial charge in [0.2, 0.25) is 0 Å². The normalized spacial score (nSPS) is 18.9. The number of alkyl carbamates (subject to hydrolysis) is 1. The number of carbonyl (C=O) groups is 1. The standard InChI is InChI=1S/C29H47N3O3S/c1-29(2,3)35-28(33)31-26(15-12-22-8-6-5-7-9-22)27(36)30-20-23-16-18-32(19-17-23)21-24-10-13-25(34-4)14-11-24/h10-11,13-14,22-23,26H,5-9,12,15-21H2,1-4H3,(H,30,36)(H,31,33)/t26-/m1/s1. The quantitative estimate of drug-likeness (QED) is 0.367. The summed E-state index contributed by atoms with van der Waals surface area (Å²) < 4.78 is 10.8. The van der Waals surface area contributed by atoms with E-state index < -0.39 is 5.60 Å². The van der Waals surface area contributed by atoms with Crippen LogP contribution in [0.3, 0.4) is 0 Å². The van der Waals surface area contributed by atoms with Crippen molar-refractivity contribution in [3.05, 3.63) is 29.8 Å². The maximum absolute atomic E-state index is 12.5. The molecular formula is C29H47N3O3S. The highest BCUT2D eigenvalue weighted by atomic mass is 32.1. The van der Waals surface area contributed by atoms with Crippen LogP contribution < -0.4 is 15.4 Å². The zero-order chi connectivity index (χ0) is 26.0. The van der Waals surface area contributed by atoms with Gasteiger partial charge in [0.15, 0.2) is 0 Å². The molecule has 2 fully saturated rings. The van der Waals surface area contributed by atoms with Gasteiger partial charge in [0, 0.05) is 13.1 Å². The van der Waals surface area contributed by atoms with Crippen LogP contribution in [0.4, 0.5) is 4.79 Å². The average molecular weight is 518 g/mol. The molecule has 36 heavy (non-hydrogen) atoms. The van der Waals surface area contributed by atoms with Crippen LogP contribution in [0.5, 0.6) is 5.75 Å². The monoisotopic (exact) mass is 517 g/mol. The third-order valence-corrected chi connectivity index (χ3v) is 7.86. The van der Waals surface area contributed by atoms with E-state index in [-0.39, 0.29) is 12.1 Å². The molecule has 3 rings (SSSR count). The molecule has 0 aromatic heterocycles. The van der Waals surface area contributed by atoms with E-state index in [1.165, 1.54) is 37.7 Å². The summed E-state index contributed by atoms with van der Waals surface area (Å²) in [6.45, 7) is 9.69. The van der Waals surface area contributed by atoms with Crippen LogP contribution >= 0.6 is 12.2 Å². The second kappa shape index (κ2) is 14.2. The summed E-state index contributed by atoms with van der Waals surface area (Å²) in [7, 11) is 1.70. The van der Waals surface area contributed by atoms with Crippen molar-refractivity contribution >= 4 is 23.3 Å². The third-order valence-electron chi connectivity index (χ3n) is 7.43. The van der Waals surface area contributed by atoms with E-state index in [9.17, 15) is 4.79 Å². The van der Waals surface area contributed by atoms with E-state index in [4.69, 9.17) is 21.7 Å². The molecule has 1 aromatic carbocycles. The Hall–Kier alpha value is -1.86. The summed E-state index contributed by atoms with van der Waals surface area (Å²) in [5.41, 5.74) is 0.801. The van der Waals surface area contributed by atoms with E-state index in [1.54, 1.807) is 7.11 Å². The highest BCUT2D eigenvalue weighted by Crippen LogP contribution is 2.28. The van der Waals surface area contributed by atoms with E-state index >= 15 is 0 Å². The molecular weight excluding hydrogens is 470 g/mol. The summed E-state index contributed by atoms with van der Waals surface area (Å²) in [6, 6.07) is 8.18. The first-order valence-electron chi connectivity index (χ1n) is 13.8. The SMILES string of the molecule is COc1ccc(CN2CCC(CNC(=S)[C@@H](CCC3CCCCC3)NC(=O)OC(C)(C)C)CC2)cc1. The molecule has 6 nitrogen and oxygen atoms in total. The Bertz CT molecular complexity index is 810. The summed E-state index contributed by atoms with van der Waals surface area (Å²) in [5.74, 6) is 2.24. The lowest BCUT2D eigenvalue weighted by atomic mass is 9.85. The predicted molar refractivity (Wildman–Crippen MR) is 151 cm³/mol. The van der Waals surface area contributed by atoms with Crippen LogP contribution in [0.15, 0.2) is 24.3 Å². The van der Waals surface area contributed by atoms with Crippen molar-refractivity contribution in [3.63, 3.8) is 0 Å². The molecule has 202 valence electrons. The van der Waals surface area contributed by atoms with Crippen molar-refractivity contribution in [2.24, 2.45) is 11.8 Å². The largest absolute Gasteiger partial charge is 0.497 e.